The van der Waals surface area contributed by atoms with Gasteiger partial charge in [0.05, 0.1) is 0 Å². The molecule has 0 atom stereocenters. The molecular formula is C24H23SeSn. The second-order valence-electron chi connectivity index (χ2n) is 4.78. The first-order chi connectivity index (χ1) is 12.4. The van der Waals surface area contributed by atoms with Crippen LogP contribution in [0, 0.1) is 0 Å². The Morgan fingerprint density at radius 1 is 0.308 bits per heavy atom. The molecule has 0 bridgehead atoms. The molecule has 0 aliphatic rings. The predicted molar refractivity (Wildman–Crippen MR) is 117 cm³/mol. The minimum atomic E-state index is 0. The molecule has 0 heterocycles. The molecule has 2 heteroatoms. The van der Waals surface area contributed by atoms with Crippen LogP contribution in [-0.2, 0) is 0 Å². The van der Waals surface area contributed by atoms with Crippen molar-refractivity contribution >= 4 is 44.4 Å². The average Bonchev–Trinajstić information content (AvgIpc) is 2.74. The summed E-state index contributed by atoms with van der Waals surface area (Å²) in [6.45, 7) is 0. The monoisotopic (exact) mass is 511 g/mol. The summed E-state index contributed by atoms with van der Waals surface area (Å²) < 4.78 is 1.20. The molecule has 5 radical (unpaired) electrons. The molecular weight excluding hydrogens is 486 g/mol. The van der Waals surface area contributed by atoms with E-state index in [1.54, 1.807) is 0 Å². The van der Waals surface area contributed by atoms with E-state index in [9.17, 15) is 0 Å². The first-order valence-electron chi connectivity index (χ1n) is 8.11. The third-order valence-electron chi connectivity index (χ3n) is 2.74. The molecule has 0 saturated heterocycles. The number of hydrogen-bond donors (Lipinski definition) is 0. The Morgan fingerprint density at radius 2 is 0.462 bits per heavy atom. The summed E-state index contributed by atoms with van der Waals surface area (Å²) >= 11 is 2.90. The van der Waals surface area contributed by atoms with Gasteiger partial charge in [0.15, 0.2) is 0 Å². The molecule has 4 rings (SSSR count). The van der Waals surface area contributed by atoms with Crippen molar-refractivity contribution in [3.8, 4) is 0 Å². The minimum Gasteiger partial charge on any atom is -0.0623 e. The van der Waals surface area contributed by atoms with Crippen molar-refractivity contribution in [2.75, 3.05) is 0 Å². The van der Waals surface area contributed by atoms with Gasteiger partial charge in [0.2, 0.25) is 0 Å². The smallest absolute Gasteiger partial charge is 0 e. The molecule has 0 unspecified atom stereocenters. The molecule has 0 N–H and O–H groups in total. The predicted octanol–water partition coefficient (Wildman–Crippen LogP) is 5.16. The van der Waals surface area contributed by atoms with E-state index in [2.05, 4.69) is 16.0 Å². The van der Waals surface area contributed by atoms with E-state index >= 15 is 0 Å². The van der Waals surface area contributed by atoms with Crippen molar-refractivity contribution in [3.63, 3.8) is 0 Å². The van der Waals surface area contributed by atoms with Gasteiger partial charge < -0.3 is 0 Å². The van der Waals surface area contributed by atoms with E-state index in [-0.39, 0.29) is 23.9 Å². The maximum atomic E-state index is 2.90. The van der Waals surface area contributed by atoms with Crippen LogP contribution in [0.25, 0.3) is 0 Å². The van der Waals surface area contributed by atoms with Crippen LogP contribution >= 0.6 is 0 Å². The van der Waals surface area contributed by atoms with Crippen LogP contribution < -0.4 is 4.46 Å². The number of rotatable bonds is 0. The molecule has 0 amide bonds. The van der Waals surface area contributed by atoms with Crippen LogP contribution in [0.2, 0.25) is 0 Å². The van der Waals surface area contributed by atoms with Crippen molar-refractivity contribution < 1.29 is 0 Å². The minimum absolute atomic E-state index is 0. The molecule has 26 heavy (non-hydrogen) atoms. The average molecular weight is 509 g/mol. The van der Waals surface area contributed by atoms with Crippen LogP contribution in [0.1, 0.15) is 0 Å². The maximum Gasteiger partial charge on any atom is 0 e. The fourth-order valence-electron chi connectivity index (χ4n) is 1.58. The number of hydrogen-bond acceptors (Lipinski definition) is 0. The van der Waals surface area contributed by atoms with E-state index in [1.165, 1.54) is 4.46 Å². The molecule has 0 nitrogen and oxygen atoms in total. The zero-order valence-corrected chi connectivity index (χ0v) is 19.3. The summed E-state index contributed by atoms with van der Waals surface area (Å²) in [7, 11) is 0. The van der Waals surface area contributed by atoms with E-state index in [0.717, 1.165) is 0 Å². The zero-order valence-electron chi connectivity index (χ0n) is 14.7. The molecule has 0 saturated carbocycles. The van der Waals surface area contributed by atoms with Gasteiger partial charge in [-0.25, -0.2) is 0 Å². The van der Waals surface area contributed by atoms with E-state index in [1.807, 2.05) is 140 Å². The molecule has 4 aromatic rings. The molecule has 129 valence electrons. The van der Waals surface area contributed by atoms with Crippen LogP contribution in [0.4, 0.5) is 0 Å². The third kappa shape index (κ3) is 17.0. The van der Waals surface area contributed by atoms with E-state index in [0.29, 0.717) is 0 Å². The Bertz CT molecular complexity index is 547. The first kappa shape index (κ1) is 24.2. The standard InChI is InChI=1S/C6H5Se.3C6H6.Sn/c7-6-4-2-1-3-5-6;3*1-2-4-6-5-3-1;/h1-5H;3*1-6H;. The van der Waals surface area contributed by atoms with Crippen LogP contribution in [0.15, 0.2) is 140 Å². The van der Waals surface area contributed by atoms with Gasteiger partial charge in [0, 0.05) is 23.9 Å². The summed E-state index contributed by atoms with van der Waals surface area (Å²) in [4.78, 5) is 0. The summed E-state index contributed by atoms with van der Waals surface area (Å²) in [5.41, 5.74) is 0. The molecule has 0 spiro atoms. The van der Waals surface area contributed by atoms with Crippen LogP contribution in [0.3, 0.4) is 0 Å². The summed E-state index contributed by atoms with van der Waals surface area (Å²) in [5.74, 6) is 0. The van der Waals surface area contributed by atoms with Crippen LogP contribution in [-0.4, -0.2) is 39.9 Å². The summed E-state index contributed by atoms with van der Waals surface area (Å²) in [6.07, 6.45) is 0. The largest absolute Gasteiger partial charge is 0.0623 e. The quantitative estimate of drug-likeness (QED) is 0.288. The molecule has 0 fully saturated rings. The van der Waals surface area contributed by atoms with Crippen molar-refractivity contribution in [1.29, 1.82) is 0 Å². The molecule has 0 aliphatic carbocycles. The van der Waals surface area contributed by atoms with Gasteiger partial charge >= 0.3 is 50.8 Å². The second kappa shape index (κ2) is 19.5. The fourth-order valence-corrected chi connectivity index (χ4v) is 1.90. The van der Waals surface area contributed by atoms with Crippen LogP contribution in [0.5, 0.6) is 0 Å². The molecule has 0 aliphatic heterocycles. The van der Waals surface area contributed by atoms with E-state index in [4.69, 9.17) is 0 Å². The Balaban J connectivity index is 0.000000317. The Hall–Kier alpha value is -1.80. The molecule has 4 aromatic carbocycles. The summed E-state index contributed by atoms with van der Waals surface area (Å²) in [5, 5.41) is 0. The van der Waals surface area contributed by atoms with Crippen molar-refractivity contribution in [2.24, 2.45) is 0 Å². The van der Waals surface area contributed by atoms with Gasteiger partial charge in [-0.2, -0.15) is 0 Å². The third-order valence-corrected chi connectivity index (χ3v) is 3.31. The van der Waals surface area contributed by atoms with Crippen molar-refractivity contribution in [1.82, 2.24) is 0 Å². The van der Waals surface area contributed by atoms with Gasteiger partial charge in [-0.1, -0.05) is 109 Å². The van der Waals surface area contributed by atoms with Gasteiger partial charge in [-0.15, -0.1) is 0 Å². The Morgan fingerprint density at radius 3 is 0.577 bits per heavy atom. The van der Waals surface area contributed by atoms with E-state index < -0.39 is 0 Å². The second-order valence-corrected chi connectivity index (χ2v) is 5.77. The SMILES string of the molecule is [Se]c1ccccc1.[Sn].c1ccccc1.c1ccccc1.c1ccccc1. The van der Waals surface area contributed by atoms with Gasteiger partial charge in [-0.3, -0.25) is 0 Å². The first-order valence-corrected chi connectivity index (χ1v) is 8.97. The van der Waals surface area contributed by atoms with Gasteiger partial charge in [-0.05, 0) is 0 Å². The molecule has 0 aromatic heterocycles. The van der Waals surface area contributed by atoms with Gasteiger partial charge in [0.1, 0.15) is 0 Å². The summed E-state index contributed by atoms with van der Waals surface area (Å²) in [6, 6.07) is 46.1. The number of benzene rings is 4. The fraction of sp³-hybridized carbons (Fsp3) is 0. The van der Waals surface area contributed by atoms with Crippen molar-refractivity contribution in [2.45, 2.75) is 0 Å². The van der Waals surface area contributed by atoms with Gasteiger partial charge in [0.25, 0.3) is 0 Å². The van der Waals surface area contributed by atoms with Crippen molar-refractivity contribution in [3.05, 3.63) is 140 Å². The maximum absolute atomic E-state index is 2.90. The normalized spacial score (nSPS) is 7.85. The Labute approximate surface area is 183 Å². The zero-order chi connectivity index (χ0) is 17.8. The topological polar surface area (TPSA) is 0 Å². The Kier molecular flexibility index (Phi) is 18.2.